The monoisotopic (exact) mass is 567 g/mol. The molecule has 2 aromatic rings. The molecule has 1 fully saturated rings. The van der Waals surface area contributed by atoms with Crippen LogP contribution in [0.15, 0.2) is 41.6 Å². The quantitative estimate of drug-likeness (QED) is 0.430. The molecule has 15 heteroatoms. The molecule has 0 bridgehead atoms. The number of piperazine rings is 1. The molecule has 3 amide bonds. The first-order valence-electron chi connectivity index (χ1n) is 10.2. The standard InChI is InChI=1S/C22H13Cl2F6N3O4/c23-12-4-11(5-13(24)6-12)20(22(28,29)30)7-16(32-37-20)10-1-2-14(15(3-10)21(25,26)27)19(36)33-8-17(34)31-18(35)9-33/h1-6H,7-9H2,(H,31,34,35). The van der Waals surface area contributed by atoms with Gasteiger partial charge in [0.25, 0.3) is 11.5 Å². The number of imide groups is 1. The summed E-state index contributed by atoms with van der Waals surface area (Å²) in [6.07, 6.45) is -11.2. The average molecular weight is 568 g/mol. The zero-order valence-corrected chi connectivity index (χ0v) is 19.6. The number of amides is 3. The van der Waals surface area contributed by atoms with Crippen LogP contribution in [0, 0.1) is 0 Å². The number of halogens is 8. The van der Waals surface area contributed by atoms with Crippen molar-refractivity contribution in [3.8, 4) is 0 Å². The van der Waals surface area contributed by atoms with E-state index in [-0.39, 0.29) is 10.0 Å². The Morgan fingerprint density at radius 1 is 0.973 bits per heavy atom. The van der Waals surface area contributed by atoms with E-state index in [9.17, 15) is 40.7 Å². The van der Waals surface area contributed by atoms with Gasteiger partial charge in [-0.3, -0.25) is 19.7 Å². The van der Waals surface area contributed by atoms with Crippen molar-refractivity contribution in [1.29, 1.82) is 0 Å². The van der Waals surface area contributed by atoms with Crippen molar-refractivity contribution in [2.24, 2.45) is 5.16 Å². The molecule has 7 nitrogen and oxygen atoms in total. The number of carbonyl (C=O) groups excluding carboxylic acids is 3. The van der Waals surface area contributed by atoms with Gasteiger partial charge < -0.3 is 9.74 Å². The summed E-state index contributed by atoms with van der Waals surface area (Å²) in [6.45, 7) is -1.30. The summed E-state index contributed by atoms with van der Waals surface area (Å²) in [6, 6.07) is 5.27. The summed E-state index contributed by atoms with van der Waals surface area (Å²) in [5.41, 5.74) is -6.85. The Morgan fingerprint density at radius 3 is 2.11 bits per heavy atom. The van der Waals surface area contributed by atoms with Crippen molar-refractivity contribution in [2.45, 2.75) is 24.4 Å². The molecule has 2 aromatic carbocycles. The Labute approximate surface area is 213 Å². The molecule has 1 saturated heterocycles. The lowest BCUT2D eigenvalue weighted by molar-refractivity contribution is -0.275. The minimum Gasteiger partial charge on any atom is -0.374 e. The van der Waals surface area contributed by atoms with Gasteiger partial charge in [0, 0.05) is 27.6 Å². The first-order valence-corrected chi connectivity index (χ1v) is 11.0. The molecule has 2 aliphatic rings. The predicted octanol–water partition coefficient (Wildman–Crippen LogP) is 4.69. The maximum Gasteiger partial charge on any atom is 0.435 e. The van der Waals surface area contributed by atoms with E-state index in [2.05, 4.69) is 5.16 Å². The number of rotatable bonds is 3. The molecule has 196 valence electrons. The number of benzene rings is 2. The van der Waals surface area contributed by atoms with Crippen LogP contribution >= 0.6 is 23.2 Å². The first-order chi connectivity index (χ1) is 17.1. The highest BCUT2D eigenvalue weighted by Crippen LogP contribution is 2.50. The lowest BCUT2D eigenvalue weighted by atomic mass is 9.86. The van der Waals surface area contributed by atoms with Gasteiger partial charge in [-0.15, -0.1) is 0 Å². The van der Waals surface area contributed by atoms with Crippen LogP contribution in [-0.2, 0) is 26.2 Å². The fourth-order valence-electron chi connectivity index (χ4n) is 3.94. The minimum atomic E-state index is -5.12. The maximum atomic E-state index is 14.2. The third-order valence-corrected chi connectivity index (χ3v) is 6.07. The number of alkyl halides is 6. The van der Waals surface area contributed by atoms with Crippen molar-refractivity contribution < 1.29 is 45.6 Å². The molecular formula is C22H13Cl2F6N3O4. The van der Waals surface area contributed by atoms with Crippen LogP contribution < -0.4 is 5.32 Å². The summed E-state index contributed by atoms with van der Waals surface area (Å²) < 4.78 is 84.2. The van der Waals surface area contributed by atoms with Gasteiger partial charge in [0.2, 0.25) is 11.8 Å². The van der Waals surface area contributed by atoms with Crippen molar-refractivity contribution in [3.63, 3.8) is 0 Å². The van der Waals surface area contributed by atoms with E-state index >= 15 is 0 Å². The van der Waals surface area contributed by atoms with Gasteiger partial charge >= 0.3 is 12.4 Å². The van der Waals surface area contributed by atoms with E-state index in [0.717, 1.165) is 24.3 Å². The Bertz CT molecular complexity index is 1310. The predicted molar refractivity (Wildman–Crippen MR) is 117 cm³/mol. The Balaban J connectivity index is 1.72. The van der Waals surface area contributed by atoms with Gasteiger partial charge in [-0.1, -0.05) is 34.4 Å². The highest BCUT2D eigenvalue weighted by molar-refractivity contribution is 6.34. The largest absolute Gasteiger partial charge is 0.435 e. The maximum absolute atomic E-state index is 14.2. The van der Waals surface area contributed by atoms with Crippen LogP contribution in [0.4, 0.5) is 26.3 Å². The van der Waals surface area contributed by atoms with Crippen molar-refractivity contribution >= 4 is 46.6 Å². The number of carbonyl (C=O) groups is 3. The third-order valence-electron chi connectivity index (χ3n) is 5.64. The second-order valence-corrected chi connectivity index (χ2v) is 9.05. The third kappa shape index (κ3) is 5.10. The molecule has 4 rings (SSSR count). The van der Waals surface area contributed by atoms with Gasteiger partial charge in [0.15, 0.2) is 0 Å². The fraction of sp³-hybridized carbons (Fsp3) is 0.273. The summed E-state index contributed by atoms with van der Waals surface area (Å²) >= 11 is 11.7. The van der Waals surface area contributed by atoms with E-state index in [1.807, 2.05) is 5.32 Å². The van der Waals surface area contributed by atoms with Crippen molar-refractivity contribution in [2.75, 3.05) is 13.1 Å². The molecule has 37 heavy (non-hydrogen) atoms. The van der Waals surface area contributed by atoms with Crippen LogP contribution in [0.1, 0.15) is 33.5 Å². The molecule has 0 spiro atoms. The van der Waals surface area contributed by atoms with Gasteiger partial charge in [0.1, 0.15) is 13.1 Å². The molecule has 0 saturated carbocycles. The van der Waals surface area contributed by atoms with E-state index in [0.29, 0.717) is 11.0 Å². The van der Waals surface area contributed by atoms with Gasteiger partial charge in [-0.2, -0.15) is 26.3 Å². The minimum absolute atomic E-state index is 0.129. The average Bonchev–Trinajstić information content (AvgIpc) is 3.23. The molecular weight excluding hydrogens is 555 g/mol. The summed E-state index contributed by atoms with van der Waals surface area (Å²) in [5, 5.41) is 5.08. The smallest absolute Gasteiger partial charge is 0.374 e. The van der Waals surface area contributed by atoms with Crippen LogP contribution in [0.5, 0.6) is 0 Å². The number of nitrogens with zero attached hydrogens (tertiary/aromatic N) is 2. The summed E-state index contributed by atoms with van der Waals surface area (Å²) in [4.78, 5) is 41.2. The SMILES string of the molecule is O=C1CN(C(=O)c2ccc(C3=NOC(c4cc(Cl)cc(Cl)c4)(C(F)(F)F)C3)cc2C(F)(F)F)CC(=O)N1. The Hall–Kier alpha value is -3.32. The number of nitrogens with one attached hydrogen (secondary N) is 1. The van der Waals surface area contributed by atoms with Crippen LogP contribution in [0.25, 0.3) is 0 Å². The fourth-order valence-corrected chi connectivity index (χ4v) is 4.47. The van der Waals surface area contributed by atoms with Gasteiger partial charge in [-0.25, -0.2) is 0 Å². The molecule has 0 aliphatic carbocycles. The van der Waals surface area contributed by atoms with E-state index in [1.54, 1.807) is 0 Å². The first kappa shape index (κ1) is 26.7. The van der Waals surface area contributed by atoms with Crippen molar-refractivity contribution in [3.05, 3.63) is 68.7 Å². The van der Waals surface area contributed by atoms with Crippen LogP contribution in [0.3, 0.4) is 0 Å². The van der Waals surface area contributed by atoms with Crippen molar-refractivity contribution in [1.82, 2.24) is 10.2 Å². The van der Waals surface area contributed by atoms with E-state index in [1.165, 1.54) is 6.07 Å². The molecule has 2 heterocycles. The molecule has 1 N–H and O–H groups in total. The molecule has 1 atom stereocenters. The second kappa shape index (κ2) is 9.21. The Kier molecular flexibility index (Phi) is 6.65. The van der Waals surface area contributed by atoms with E-state index in [4.69, 9.17) is 28.0 Å². The Morgan fingerprint density at radius 2 is 1.57 bits per heavy atom. The lowest BCUT2D eigenvalue weighted by Gasteiger charge is -2.29. The molecule has 0 radical (unpaired) electrons. The highest BCUT2D eigenvalue weighted by atomic mass is 35.5. The normalized spacial score (nSPS) is 20.4. The molecule has 2 aliphatic heterocycles. The van der Waals surface area contributed by atoms with E-state index < -0.39 is 83.2 Å². The zero-order valence-electron chi connectivity index (χ0n) is 18.1. The topological polar surface area (TPSA) is 88.1 Å². The summed E-state index contributed by atoms with van der Waals surface area (Å²) in [7, 11) is 0. The second-order valence-electron chi connectivity index (χ2n) is 8.18. The lowest BCUT2D eigenvalue weighted by Crippen LogP contribution is -2.53. The number of oxime groups is 1. The van der Waals surface area contributed by atoms with Gasteiger partial charge in [-0.05, 0) is 30.3 Å². The van der Waals surface area contributed by atoms with Crippen LogP contribution in [-0.4, -0.2) is 47.6 Å². The zero-order chi connectivity index (χ0) is 27.3. The molecule has 0 aromatic heterocycles. The number of hydrogen-bond acceptors (Lipinski definition) is 5. The van der Waals surface area contributed by atoms with Crippen LogP contribution in [0.2, 0.25) is 10.0 Å². The number of hydrogen-bond donors (Lipinski definition) is 1. The summed E-state index contributed by atoms with van der Waals surface area (Å²) in [5.74, 6) is -3.02. The highest BCUT2D eigenvalue weighted by Gasteiger charge is 2.62. The van der Waals surface area contributed by atoms with Gasteiger partial charge in [0.05, 0.1) is 16.8 Å². The molecule has 1 unspecified atom stereocenters.